The lowest BCUT2D eigenvalue weighted by atomic mass is 9.88. The van der Waals surface area contributed by atoms with E-state index in [1.54, 1.807) is 11.8 Å². The zero-order valence-corrected chi connectivity index (χ0v) is 13.0. The highest BCUT2D eigenvalue weighted by molar-refractivity contribution is 7.99. The fraction of sp³-hybridized carbons (Fsp3) is 0.857. The van der Waals surface area contributed by atoms with Gasteiger partial charge in [-0.05, 0) is 38.4 Å². The van der Waals surface area contributed by atoms with Crippen molar-refractivity contribution in [2.75, 3.05) is 12.8 Å². The molecule has 19 heavy (non-hydrogen) atoms. The molecule has 3 atom stereocenters. The molecule has 1 heterocycles. The van der Waals surface area contributed by atoms with Gasteiger partial charge in [-0.1, -0.05) is 13.8 Å². The van der Waals surface area contributed by atoms with Crippen LogP contribution < -0.4 is 5.32 Å². The van der Waals surface area contributed by atoms with E-state index >= 15 is 0 Å². The van der Waals surface area contributed by atoms with Crippen LogP contribution in [-0.4, -0.2) is 46.3 Å². The summed E-state index contributed by atoms with van der Waals surface area (Å²) in [6.07, 6.45) is 4.82. The fourth-order valence-corrected chi connectivity index (χ4v) is 3.19. The molecular formula is C14H24N2O2S. The molecule has 1 saturated heterocycles. The first-order valence-corrected chi connectivity index (χ1v) is 8.38. The Bertz CT molecular complexity index is 384. The lowest BCUT2D eigenvalue weighted by molar-refractivity contribution is -0.155. The first-order chi connectivity index (χ1) is 8.93. The summed E-state index contributed by atoms with van der Waals surface area (Å²) in [4.78, 5) is 26.9. The monoisotopic (exact) mass is 284 g/mol. The normalized spacial score (nSPS) is 33.3. The second kappa shape index (κ2) is 5.35. The van der Waals surface area contributed by atoms with Gasteiger partial charge in [0.25, 0.3) is 0 Å². The van der Waals surface area contributed by atoms with Gasteiger partial charge in [0.05, 0.1) is 0 Å². The molecule has 0 aromatic carbocycles. The van der Waals surface area contributed by atoms with E-state index in [2.05, 4.69) is 12.2 Å². The molecule has 2 amide bonds. The summed E-state index contributed by atoms with van der Waals surface area (Å²) >= 11 is 1.73. The third-order valence-electron chi connectivity index (χ3n) is 4.40. The Kier molecular flexibility index (Phi) is 4.14. The molecule has 0 bridgehead atoms. The number of piperazine rings is 1. The van der Waals surface area contributed by atoms with Gasteiger partial charge in [-0.2, -0.15) is 11.8 Å². The molecule has 4 nitrogen and oxygen atoms in total. The zero-order valence-electron chi connectivity index (χ0n) is 12.2. The van der Waals surface area contributed by atoms with Crippen molar-refractivity contribution in [1.82, 2.24) is 10.2 Å². The number of thioether (sulfide) groups is 1. The molecular weight excluding hydrogens is 260 g/mol. The first kappa shape index (κ1) is 14.7. The largest absolute Gasteiger partial charge is 0.340 e. The number of carbonyl (C=O) groups excluding carboxylic acids is 2. The fourth-order valence-electron chi connectivity index (χ4n) is 2.88. The number of hydrogen-bond donors (Lipinski definition) is 1. The minimum Gasteiger partial charge on any atom is -0.340 e. The van der Waals surface area contributed by atoms with Crippen LogP contribution in [0.25, 0.3) is 0 Å². The Labute approximate surface area is 119 Å². The molecule has 2 fully saturated rings. The topological polar surface area (TPSA) is 49.4 Å². The van der Waals surface area contributed by atoms with Gasteiger partial charge in [0.1, 0.15) is 11.6 Å². The van der Waals surface area contributed by atoms with Crippen molar-refractivity contribution in [3.63, 3.8) is 0 Å². The molecule has 108 valence electrons. The first-order valence-electron chi connectivity index (χ1n) is 7.10. The van der Waals surface area contributed by atoms with Crippen LogP contribution in [-0.2, 0) is 9.59 Å². The van der Waals surface area contributed by atoms with Gasteiger partial charge in [-0.15, -0.1) is 0 Å². The Morgan fingerprint density at radius 3 is 2.58 bits per heavy atom. The lowest BCUT2D eigenvalue weighted by Crippen LogP contribution is -2.70. The zero-order chi connectivity index (χ0) is 14.2. The van der Waals surface area contributed by atoms with E-state index in [0.29, 0.717) is 24.1 Å². The van der Waals surface area contributed by atoms with Crippen LogP contribution in [0.2, 0.25) is 0 Å². The van der Waals surface area contributed by atoms with Gasteiger partial charge in [0.2, 0.25) is 11.8 Å². The van der Waals surface area contributed by atoms with Gasteiger partial charge < -0.3 is 10.2 Å². The van der Waals surface area contributed by atoms with Gasteiger partial charge in [0.15, 0.2) is 0 Å². The summed E-state index contributed by atoms with van der Waals surface area (Å²) in [5.41, 5.74) is -0.666. The highest BCUT2D eigenvalue weighted by Gasteiger charge is 2.54. The number of rotatable bonds is 5. The average molecular weight is 284 g/mol. The minimum atomic E-state index is -0.666. The van der Waals surface area contributed by atoms with Crippen LogP contribution in [0.15, 0.2) is 0 Å². The van der Waals surface area contributed by atoms with Gasteiger partial charge in [-0.3, -0.25) is 9.59 Å². The second-order valence-electron chi connectivity index (χ2n) is 5.89. The number of carbonyl (C=O) groups is 2. The Balaban J connectivity index is 2.23. The second-order valence-corrected chi connectivity index (χ2v) is 7.17. The average Bonchev–Trinajstić information content (AvgIpc) is 3.20. The maximum absolute atomic E-state index is 12.8. The summed E-state index contributed by atoms with van der Waals surface area (Å²) in [6, 6.07) is -0.297. The summed E-state index contributed by atoms with van der Waals surface area (Å²) in [5, 5.41) is 3.34. The molecule has 2 rings (SSSR count). The van der Waals surface area contributed by atoms with Crippen molar-refractivity contribution in [3.05, 3.63) is 0 Å². The summed E-state index contributed by atoms with van der Waals surface area (Å²) in [7, 11) is 0. The molecule has 1 saturated carbocycles. The predicted molar refractivity (Wildman–Crippen MR) is 78.0 cm³/mol. The van der Waals surface area contributed by atoms with Crippen molar-refractivity contribution in [1.29, 1.82) is 0 Å². The van der Waals surface area contributed by atoms with E-state index in [1.807, 2.05) is 25.0 Å². The third kappa shape index (κ3) is 2.62. The van der Waals surface area contributed by atoms with Crippen LogP contribution >= 0.6 is 11.8 Å². The van der Waals surface area contributed by atoms with Gasteiger partial charge in [0, 0.05) is 11.8 Å². The van der Waals surface area contributed by atoms with E-state index in [4.69, 9.17) is 0 Å². The van der Waals surface area contributed by atoms with Crippen molar-refractivity contribution in [2.24, 2.45) is 5.92 Å². The van der Waals surface area contributed by atoms with Crippen LogP contribution in [0.5, 0.6) is 0 Å². The van der Waals surface area contributed by atoms with Crippen molar-refractivity contribution < 1.29 is 9.59 Å². The number of hydrogen-bond acceptors (Lipinski definition) is 3. The summed E-state index contributed by atoms with van der Waals surface area (Å²) < 4.78 is 0. The van der Waals surface area contributed by atoms with Crippen molar-refractivity contribution >= 4 is 23.6 Å². The van der Waals surface area contributed by atoms with E-state index in [1.165, 1.54) is 0 Å². The smallest absolute Gasteiger partial charge is 0.249 e. The molecule has 3 unspecified atom stereocenters. The molecule has 5 heteroatoms. The minimum absolute atomic E-state index is 0.0183. The Hall–Kier alpha value is -0.710. The quantitative estimate of drug-likeness (QED) is 0.835. The van der Waals surface area contributed by atoms with Gasteiger partial charge >= 0.3 is 0 Å². The molecule has 1 aliphatic heterocycles. The Morgan fingerprint density at radius 1 is 1.47 bits per heavy atom. The maximum atomic E-state index is 12.8. The van der Waals surface area contributed by atoms with E-state index < -0.39 is 5.54 Å². The third-order valence-corrected chi connectivity index (χ3v) is 5.36. The summed E-state index contributed by atoms with van der Waals surface area (Å²) in [5.74, 6) is 0.459. The molecule has 0 radical (unpaired) electrons. The number of nitrogens with zero attached hydrogens (tertiary/aromatic N) is 1. The van der Waals surface area contributed by atoms with Crippen molar-refractivity contribution in [2.45, 2.75) is 56.9 Å². The van der Waals surface area contributed by atoms with Crippen LogP contribution in [0.4, 0.5) is 0 Å². The van der Waals surface area contributed by atoms with Gasteiger partial charge in [-0.25, -0.2) is 0 Å². The van der Waals surface area contributed by atoms with Crippen LogP contribution in [0, 0.1) is 5.92 Å². The molecule has 2 aliphatic rings. The SMILES string of the molecule is CCC1C(=O)NC(C)(C2CC2)C(=O)N1CC(C)SC. The highest BCUT2D eigenvalue weighted by atomic mass is 32.2. The number of nitrogens with one attached hydrogen (secondary N) is 1. The molecule has 0 aromatic rings. The van der Waals surface area contributed by atoms with E-state index in [9.17, 15) is 9.59 Å². The van der Waals surface area contributed by atoms with E-state index in [0.717, 1.165) is 12.8 Å². The number of amides is 2. The van der Waals surface area contributed by atoms with E-state index in [-0.39, 0.29) is 17.9 Å². The molecule has 1 N–H and O–H groups in total. The maximum Gasteiger partial charge on any atom is 0.249 e. The van der Waals surface area contributed by atoms with Crippen LogP contribution in [0.3, 0.4) is 0 Å². The molecule has 0 aromatic heterocycles. The van der Waals surface area contributed by atoms with Crippen molar-refractivity contribution in [3.8, 4) is 0 Å². The summed E-state index contributed by atoms with van der Waals surface area (Å²) in [6.45, 7) is 6.63. The molecule has 1 aliphatic carbocycles. The predicted octanol–water partition coefficient (Wildman–Crippen LogP) is 1.64. The highest BCUT2D eigenvalue weighted by Crippen LogP contribution is 2.42. The lowest BCUT2D eigenvalue weighted by Gasteiger charge is -2.45. The standard InChI is InChI=1S/C14H24N2O2S/c1-5-11-12(17)15-14(3,10-6-7-10)13(18)16(11)8-9(2)19-4/h9-11H,5-8H2,1-4H3,(H,15,17). The van der Waals surface area contributed by atoms with Crippen LogP contribution in [0.1, 0.15) is 40.0 Å². The Morgan fingerprint density at radius 2 is 2.11 bits per heavy atom. The molecule has 0 spiro atoms.